The number of para-hydroxylation sites is 1. The molecule has 0 saturated heterocycles. The fraction of sp³-hybridized carbons (Fsp3) is 0.250. The normalized spacial score (nSPS) is 12.4. The van der Waals surface area contributed by atoms with Crippen molar-refractivity contribution in [1.29, 1.82) is 0 Å². The molecule has 0 saturated carbocycles. The van der Waals surface area contributed by atoms with Crippen molar-refractivity contribution in [3.63, 3.8) is 0 Å². The average molecular weight is 231 g/mol. The molecule has 5 nitrogen and oxygen atoms in total. The summed E-state index contributed by atoms with van der Waals surface area (Å²) < 4.78 is 1.43. The predicted molar refractivity (Wildman–Crippen MR) is 62.0 cm³/mol. The topological polar surface area (TPSA) is 68.0 Å². The monoisotopic (exact) mass is 231 g/mol. The van der Waals surface area contributed by atoms with E-state index in [9.17, 15) is 9.90 Å². The average Bonchev–Trinajstić information content (AvgIpc) is 2.87. The molecule has 1 atom stereocenters. The first-order valence-electron chi connectivity index (χ1n) is 5.42. The Morgan fingerprint density at radius 1 is 1.41 bits per heavy atom. The third-order valence-electron chi connectivity index (χ3n) is 2.49. The number of carbonyl (C=O) groups is 1. The number of benzene rings is 1. The van der Waals surface area contributed by atoms with Gasteiger partial charge in [-0.2, -0.15) is 0 Å². The Labute approximate surface area is 98.7 Å². The van der Waals surface area contributed by atoms with Gasteiger partial charge < -0.3 is 5.11 Å². The van der Waals surface area contributed by atoms with Crippen molar-refractivity contribution in [2.24, 2.45) is 0 Å². The Morgan fingerprint density at radius 2 is 2.12 bits per heavy atom. The van der Waals surface area contributed by atoms with E-state index in [0.29, 0.717) is 12.1 Å². The highest BCUT2D eigenvalue weighted by atomic mass is 16.3. The van der Waals surface area contributed by atoms with E-state index in [-0.39, 0.29) is 5.78 Å². The highest BCUT2D eigenvalue weighted by Gasteiger charge is 2.20. The summed E-state index contributed by atoms with van der Waals surface area (Å²) in [6.07, 6.45) is 0.739. The standard InChI is InChI=1S/C12H13N3O2/c1-2-11(16)12(17)10-8-13-14-15(10)9-6-4-3-5-7-9/h3-8,11,16H,2H2,1H3. The number of carbonyl (C=O) groups excluding carboxylic acids is 1. The summed E-state index contributed by atoms with van der Waals surface area (Å²) in [7, 11) is 0. The Bertz CT molecular complexity index is 507. The van der Waals surface area contributed by atoms with E-state index in [1.807, 2.05) is 30.3 Å². The molecule has 0 aliphatic carbocycles. The fourth-order valence-corrected chi connectivity index (χ4v) is 1.52. The second-order valence-corrected chi connectivity index (χ2v) is 3.65. The van der Waals surface area contributed by atoms with Crippen LogP contribution < -0.4 is 0 Å². The van der Waals surface area contributed by atoms with Gasteiger partial charge in [0.1, 0.15) is 11.8 Å². The molecule has 0 fully saturated rings. The first-order chi connectivity index (χ1) is 8.24. The summed E-state index contributed by atoms with van der Waals surface area (Å²) in [6, 6.07) is 9.22. The van der Waals surface area contributed by atoms with Crippen LogP contribution in [0, 0.1) is 0 Å². The molecule has 0 spiro atoms. The van der Waals surface area contributed by atoms with E-state index in [1.165, 1.54) is 10.9 Å². The molecule has 0 aliphatic rings. The minimum Gasteiger partial charge on any atom is -0.385 e. The minimum absolute atomic E-state index is 0.297. The molecule has 1 heterocycles. The maximum absolute atomic E-state index is 11.9. The number of aromatic nitrogens is 3. The van der Waals surface area contributed by atoms with E-state index in [4.69, 9.17) is 0 Å². The van der Waals surface area contributed by atoms with Gasteiger partial charge in [-0.3, -0.25) is 4.79 Å². The van der Waals surface area contributed by atoms with E-state index in [2.05, 4.69) is 10.3 Å². The quantitative estimate of drug-likeness (QED) is 0.803. The highest BCUT2D eigenvalue weighted by molar-refractivity contribution is 5.97. The van der Waals surface area contributed by atoms with Gasteiger partial charge in [0.05, 0.1) is 11.9 Å². The van der Waals surface area contributed by atoms with Crippen LogP contribution >= 0.6 is 0 Å². The number of aliphatic hydroxyl groups is 1. The van der Waals surface area contributed by atoms with Crippen LogP contribution in [0.4, 0.5) is 0 Å². The molecular formula is C12H13N3O2. The first kappa shape index (κ1) is 11.5. The van der Waals surface area contributed by atoms with Crippen LogP contribution in [0.25, 0.3) is 5.69 Å². The van der Waals surface area contributed by atoms with Gasteiger partial charge in [-0.15, -0.1) is 5.10 Å². The molecule has 0 bridgehead atoms. The molecule has 5 heteroatoms. The largest absolute Gasteiger partial charge is 0.385 e. The smallest absolute Gasteiger partial charge is 0.211 e. The van der Waals surface area contributed by atoms with Crippen molar-refractivity contribution in [3.05, 3.63) is 42.2 Å². The van der Waals surface area contributed by atoms with Crippen LogP contribution in [0.2, 0.25) is 0 Å². The van der Waals surface area contributed by atoms with E-state index < -0.39 is 6.10 Å². The molecule has 88 valence electrons. The number of hydrogen-bond acceptors (Lipinski definition) is 4. The molecule has 2 rings (SSSR count). The van der Waals surface area contributed by atoms with Gasteiger partial charge in [0.25, 0.3) is 0 Å². The molecule has 1 aromatic heterocycles. The van der Waals surface area contributed by atoms with Crippen LogP contribution in [0.1, 0.15) is 23.8 Å². The van der Waals surface area contributed by atoms with Crippen LogP contribution in [-0.2, 0) is 0 Å². The van der Waals surface area contributed by atoms with Crippen molar-refractivity contribution in [1.82, 2.24) is 15.0 Å². The van der Waals surface area contributed by atoms with E-state index >= 15 is 0 Å². The summed E-state index contributed by atoms with van der Waals surface area (Å²) >= 11 is 0. The third-order valence-corrected chi connectivity index (χ3v) is 2.49. The molecule has 17 heavy (non-hydrogen) atoms. The lowest BCUT2D eigenvalue weighted by Crippen LogP contribution is -2.22. The lowest BCUT2D eigenvalue weighted by Gasteiger charge is -2.08. The molecule has 1 aromatic carbocycles. The predicted octanol–water partition coefficient (Wildman–Crippen LogP) is 1.22. The van der Waals surface area contributed by atoms with Gasteiger partial charge in [-0.25, -0.2) is 4.68 Å². The summed E-state index contributed by atoms with van der Waals surface area (Å²) in [5.41, 5.74) is 1.04. The van der Waals surface area contributed by atoms with Gasteiger partial charge in [0, 0.05) is 0 Å². The number of ketones is 1. The Morgan fingerprint density at radius 3 is 2.76 bits per heavy atom. The SMILES string of the molecule is CCC(O)C(=O)c1cnnn1-c1ccccc1. The van der Waals surface area contributed by atoms with Crippen molar-refractivity contribution < 1.29 is 9.90 Å². The molecule has 1 unspecified atom stereocenters. The number of hydrogen-bond donors (Lipinski definition) is 1. The molecular weight excluding hydrogens is 218 g/mol. The van der Waals surface area contributed by atoms with Gasteiger partial charge in [0.2, 0.25) is 5.78 Å². The second-order valence-electron chi connectivity index (χ2n) is 3.65. The van der Waals surface area contributed by atoms with Crippen molar-refractivity contribution >= 4 is 5.78 Å². The Kier molecular flexibility index (Phi) is 3.30. The van der Waals surface area contributed by atoms with Gasteiger partial charge in [0.15, 0.2) is 0 Å². The molecule has 1 N–H and O–H groups in total. The van der Waals surface area contributed by atoms with Gasteiger partial charge in [-0.05, 0) is 18.6 Å². The maximum Gasteiger partial charge on any atom is 0.211 e. The zero-order chi connectivity index (χ0) is 12.3. The number of rotatable bonds is 4. The lowest BCUT2D eigenvalue weighted by molar-refractivity contribution is 0.0732. The van der Waals surface area contributed by atoms with Gasteiger partial charge >= 0.3 is 0 Å². The zero-order valence-corrected chi connectivity index (χ0v) is 9.45. The Hall–Kier alpha value is -2.01. The van der Waals surface area contributed by atoms with Crippen LogP contribution in [-0.4, -0.2) is 32.0 Å². The summed E-state index contributed by atoms with van der Waals surface area (Å²) in [6.45, 7) is 1.75. The second kappa shape index (κ2) is 4.88. The number of aliphatic hydroxyl groups excluding tert-OH is 1. The first-order valence-corrected chi connectivity index (χ1v) is 5.42. The summed E-state index contributed by atoms with van der Waals surface area (Å²) in [5.74, 6) is -0.360. The van der Waals surface area contributed by atoms with Crippen LogP contribution in [0.15, 0.2) is 36.5 Å². The maximum atomic E-state index is 11.9. The fourth-order valence-electron chi connectivity index (χ4n) is 1.52. The minimum atomic E-state index is -1.00. The zero-order valence-electron chi connectivity index (χ0n) is 9.45. The lowest BCUT2D eigenvalue weighted by atomic mass is 10.1. The molecule has 0 radical (unpaired) electrons. The summed E-state index contributed by atoms with van der Waals surface area (Å²) in [5, 5.41) is 17.1. The molecule has 0 aliphatic heterocycles. The number of nitrogens with zero attached hydrogens (tertiary/aromatic N) is 3. The molecule has 2 aromatic rings. The molecule has 0 amide bonds. The van der Waals surface area contributed by atoms with Crippen LogP contribution in [0.3, 0.4) is 0 Å². The Balaban J connectivity index is 2.39. The van der Waals surface area contributed by atoms with E-state index in [1.54, 1.807) is 6.92 Å². The van der Waals surface area contributed by atoms with Crippen molar-refractivity contribution in [2.45, 2.75) is 19.4 Å². The van der Waals surface area contributed by atoms with Gasteiger partial charge in [-0.1, -0.05) is 30.3 Å². The third kappa shape index (κ3) is 2.24. The number of Topliss-reactive ketones (excluding diaryl/α,β-unsaturated/α-hetero) is 1. The van der Waals surface area contributed by atoms with Crippen molar-refractivity contribution in [2.75, 3.05) is 0 Å². The summed E-state index contributed by atoms with van der Waals surface area (Å²) in [4.78, 5) is 11.9. The van der Waals surface area contributed by atoms with E-state index in [0.717, 1.165) is 5.69 Å². The highest BCUT2D eigenvalue weighted by Crippen LogP contribution is 2.11. The van der Waals surface area contributed by atoms with Crippen molar-refractivity contribution in [3.8, 4) is 5.69 Å². The van der Waals surface area contributed by atoms with Crippen LogP contribution in [0.5, 0.6) is 0 Å².